The second-order valence-electron chi connectivity index (χ2n) is 4.08. The third kappa shape index (κ3) is 4.96. The van der Waals surface area contributed by atoms with Crippen LogP contribution < -0.4 is 22.9 Å². The van der Waals surface area contributed by atoms with Gasteiger partial charge in [0.1, 0.15) is 0 Å². The third-order valence-electron chi connectivity index (χ3n) is 2.86. The Morgan fingerprint density at radius 2 is 1.85 bits per heavy atom. The number of halogens is 1. The lowest BCUT2D eigenvalue weighted by molar-refractivity contribution is -0.914. The molecule has 1 fully saturated rings. The maximum Gasteiger partial charge on any atom is 0.0807 e. The highest BCUT2D eigenvalue weighted by Crippen LogP contribution is 2.16. The van der Waals surface area contributed by atoms with Crippen molar-refractivity contribution >= 4 is 0 Å². The zero-order valence-corrected chi connectivity index (χ0v) is 10.1. The van der Waals surface area contributed by atoms with E-state index in [1.165, 1.54) is 43.4 Å². The lowest BCUT2D eigenvalue weighted by atomic mass is 10.1. The summed E-state index contributed by atoms with van der Waals surface area (Å²) in [6.45, 7) is 4.60. The maximum absolute atomic E-state index is 4.98. The van der Waals surface area contributed by atoms with Gasteiger partial charge in [0.2, 0.25) is 0 Å². The molecule has 1 aliphatic heterocycles. The Balaban J connectivity index is 0.00000144. The molecule has 0 spiro atoms. The van der Waals surface area contributed by atoms with Crippen molar-refractivity contribution in [3.05, 3.63) is 0 Å². The summed E-state index contributed by atoms with van der Waals surface area (Å²) in [6.07, 6.45) is 5.29. The van der Waals surface area contributed by atoms with Gasteiger partial charge in [-0.2, -0.15) is 0 Å². The fourth-order valence-corrected chi connectivity index (χ4v) is 2.03. The SMILES string of the molecule is C[N+]1([13CH2][13CH2][13CH2]ON)CCCCC1.[Br-]. The smallest absolute Gasteiger partial charge is 0.0807 e. The molecule has 0 saturated carbocycles. The fraction of sp³-hybridized carbons (Fsp3) is 1.00. The van der Waals surface area contributed by atoms with Crippen LogP contribution in [0.2, 0.25) is 0 Å². The van der Waals surface area contributed by atoms with Crippen LogP contribution in [0, 0.1) is 0 Å². The van der Waals surface area contributed by atoms with Crippen LogP contribution in [0.4, 0.5) is 0 Å². The van der Waals surface area contributed by atoms with Crippen molar-refractivity contribution in [1.29, 1.82) is 0 Å². The second-order valence-corrected chi connectivity index (χ2v) is 4.08. The van der Waals surface area contributed by atoms with Gasteiger partial charge in [-0.05, 0) is 19.3 Å². The highest BCUT2D eigenvalue weighted by Gasteiger charge is 2.23. The van der Waals surface area contributed by atoms with Gasteiger partial charge in [0.25, 0.3) is 0 Å². The molecule has 0 amide bonds. The molecule has 0 aromatic heterocycles. The Bertz CT molecular complexity index is 127. The third-order valence-corrected chi connectivity index (χ3v) is 2.86. The van der Waals surface area contributed by atoms with Crippen molar-refractivity contribution in [2.45, 2.75) is 25.7 Å². The zero-order valence-electron chi connectivity index (χ0n) is 8.47. The van der Waals surface area contributed by atoms with Crippen LogP contribution in [0.5, 0.6) is 0 Å². The van der Waals surface area contributed by atoms with Crippen LogP contribution in [0.15, 0.2) is 0 Å². The molecule has 80 valence electrons. The average molecular weight is 256 g/mol. The molecule has 0 bridgehead atoms. The Morgan fingerprint density at radius 1 is 1.23 bits per heavy atom. The van der Waals surface area contributed by atoms with Gasteiger partial charge in [-0.15, -0.1) is 0 Å². The molecule has 1 heterocycles. The van der Waals surface area contributed by atoms with E-state index in [2.05, 4.69) is 11.9 Å². The molecular weight excluding hydrogens is 235 g/mol. The number of rotatable bonds is 4. The van der Waals surface area contributed by atoms with Crippen molar-refractivity contribution in [2.75, 3.05) is 33.3 Å². The Hall–Kier alpha value is 0.360. The molecule has 1 rings (SSSR count). The average Bonchev–Trinajstić information content (AvgIpc) is 2.06. The lowest BCUT2D eigenvalue weighted by Gasteiger charge is -2.37. The lowest BCUT2D eigenvalue weighted by Crippen LogP contribution is -3.00. The van der Waals surface area contributed by atoms with Crippen LogP contribution in [0.3, 0.4) is 0 Å². The Kier molecular flexibility index (Phi) is 6.95. The monoisotopic (exact) mass is 255 g/mol. The highest BCUT2D eigenvalue weighted by atomic mass is 79.9. The Morgan fingerprint density at radius 3 is 2.38 bits per heavy atom. The van der Waals surface area contributed by atoms with Crippen LogP contribution in [-0.4, -0.2) is 37.8 Å². The number of quaternary nitrogens is 1. The summed E-state index contributed by atoms with van der Waals surface area (Å²) < 4.78 is 1.23. The van der Waals surface area contributed by atoms with E-state index in [0.717, 1.165) is 6.42 Å². The van der Waals surface area contributed by atoms with E-state index in [1.54, 1.807) is 0 Å². The number of piperidine rings is 1. The number of nitrogens with zero attached hydrogens (tertiary/aromatic N) is 1. The van der Waals surface area contributed by atoms with Crippen molar-refractivity contribution in [1.82, 2.24) is 0 Å². The van der Waals surface area contributed by atoms with Crippen molar-refractivity contribution < 1.29 is 26.3 Å². The van der Waals surface area contributed by atoms with Gasteiger partial charge in [0.15, 0.2) is 0 Å². The minimum Gasteiger partial charge on any atom is -1.00 e. The van der Waals surface area contributed by atoms with E-state index < -0.39 is 0 Å². The summed E-state index contributed by atoms with van der Waals surface area (Å²) >= 11 is 0. The van der Waals surface area contributed by atoms with Gasteiger partial charge in [-0.25, -0.2) is 5.90 Å². The topological polar surface area (TPSA) is 35.2 Å². The van der Waals surface area contributed by atoms with E-state index in [1.807, 2.05) is 0 Å². The van der Waals surface area contributed by atoms with Crippen molar-refractivity contribution in [2.24, 2.45) is 5.90 Å². The predicted molar refractivity (Wildman–Crippen MR) is 49.4 cm³/mol. The summed E-state index contributed by atoms with van der Waals surface area (Å²) in [5.74, 6) is 4.98. The Labute approximate surface area is 91.5 Å². The quantitative estimate of drug-likeness (QED) is 0.271. The molecule has 2 N–H and O–H groups in total. The molecule has 1 saturated heterocycles. The second kappa shape index (κ2) is 6.76. The van der Waals surface area contributed by atoms with Gasteiger partial charge in [0.05, 0.1) is 33.3 Å². The highest BCUT2D eigenvalue weighted by molar-refractivity contribution is 4.51. The maximum atomic E-state index is 4.98. The van der Waals surface area contributed by atoms with Crippen LogP contribution in [0.25, 0.3) is 0 Å². The minimum absolute atomic E-state index is 0. The van der Waals surface area contributed by atoms with Crippen molar-refractivity contribution in [3.63, 3.8) is 0 Å². The molecule has 13 heavy (non-hydrogen) atoms. The first kappa shape index (κ1) is 13.4. The molecule has 3 nitrogen and oxygen atoms in total. The first-order chi connectivity index (χ1) is 5.77. The van der Waals surface area contributed by atoms with Gasteiger partial charge in [-0.1, -0.05) is 0 Å². The number of hydrogen-bond donors (Lipinski definition) is 1. The van der Waals surface area contributed by atoms with E-state index in [9.17, 15) is 0 Å². The zero-order chi connectivity index (χ0) is 8.86. The summed E-state index contributed by atoms with van der Waals surface area (Å²) in [5.41, 5.74) is 0. The van der Waals surface area contributed by atoms with E-state index in [0.29, 0.717) is 6.61 Å². The van der Waals surface area contributed by atoms with Gasteiger partial charge in [0, 0.05) is 6.42 Å². The molecule has 0 atom stereocenters. The summed E-state index contributed by atoms with van der Waals surface area (Å²) in [7, 11) is 2.34. The van der Waals surface area contributed by atoms with E-state index in [4.69, 9.17) is 5.90 Å². The van der Waals surface area contributed by atoms with Crippen LogP contribution >= 0.6 is 0 Å². The van der Waals surface area contributed by atoms with Gasteiger partial charge >= 0.3 is 0 Å². The largest absolute Gasteiger partial charge is 1.00 e. The number of nitrogens with two attached hydrogens (primary N) is 1. The van der Waals surface area contributed by atoms with E-state index in [-0.39, 0.29) is 17.0 Å². The first-order valence-corrected chi connectivity index (χ1v) is 4.92. The van der Waals surface area contributed by atoms with Gasteiger partial charge in [-0.3, -0.25) is 0 Å². The molecule has 0 radical (unpaired) electrons. The van der Waals surface area contributed by atoms with Crippen LogP contribution in [0.1, 0.15) is 25.7 Å². The molecule has 1 aliphatic rings. The summed E-state index contributed by atoms with van der Waals surface area (Å²) in [5, 5.41) is 0. The van der Waals surface area contributed by atoms with Crippen molar-refractivity contribution in [3.8, 4) is 0 Å². The first-order valence-electron chi connectivity index (χ1n) is 4.92. The standard InChI is InChI=1S/C9H21N2O.BrH/c1-11(8-5-9-12-10)6-3-2-4-7-11;/h2-10H2,1H3;1H/q+1;/p-1/i5+1,8+1,9+1;. The predicted octanol–water partition coefficient (Wildman–Crippen LogP) is -2.10. The molecule has 0 aromatic carbocycles. The molecule has 0 unspecified atom stereocenters. The number of likely N-dealkylation sites (tertiary alicyclic amines) is 1. The summed E-state index contributed by atoms with van der Waals surface area (Å²) in [4.78, 5) is 4.57. The number of hydrogen-bond acceptors (Lipinski definition) is 2. The van der Waals surface area contributed by atoms with Crippen LogP contribution in [-0.2, 0) is 4.84 Å². The van der Waals surface area contributed by atoms with E-state index >= 15 is 0 Å². The minimum atomic E-state index is 0. The fourth-order valence-electron chi connectivity index (χ4n) is 2.03. The molecular formula is C9H21BrN2O. The van der Waals surface area contributed by atoms with Gasteiger partial charge < -0.3 is 26.3 Å². The molecule has 4 heteroatoms. The normalized spacial score (nSPS) is 20.8. The molecule has 0 aromatic rings. The molecule has 0 aliphatic carbocycles. The summed E-state index contributed by atoms with van der Waals surface area (Å²) in [6, 6.07) is 0.